The van der Waals surface area contributed by atoms with Crippen LogP contribution in [0.15, 0.2) is 24.5 Å². The van der Waals surface area contributed by atoms with Crippen molar-refractivity contribution < 1.29 is 9.90 Å². The van der Waals surface area contributed by atoms with Crippen molar-refractivity contribution >= 4 is 11.7 Å². The topological polar surface area (TPSA) is 74.2 Å². The van der Waals surface area contributed by atoms with Gasteiger partial charge in [0, 0.05) is 24.6 Å². The smallest absolute Gasteiger partial charge is 0.319 e. The summed E-state index contributed by atoms with van der Waals surface area (Å²) in [4.78, 5) is 15.4. The maximum atomic E-state index is 11.6. The van der Waals surface area contributed by atoms with Gasteiger partial charge in [-0.1, -0.05) is 12.8 Å². The monoisotopic (exact) mass is 249 g/mol. The number of carbonyl (C=O) groups is 1. The van der Waals surface area contributed by atoms with Crippen LogP contribution in [0.4, 0.5) is 10.5 Å². The van der Waals surface area contributed by atoms with E-state index in [9.17, 15) is 9.90 Å². The molecule has 1 heterocycles. The molecule has 3 N–H and O–H groups in total. The largest absolute Gasteiger partial charge is 0.391 e. The molecular formula is C13H19N3O2. The second-order valence-corrected chi connectivity index (χ2v) is 4.68. The van der Waals surface area contributed by atoms with Gasteiger partial charge in [-0.05, 0) is 30.9 Å². The van der Waals surface area contributed by atoms with Gasteiger partial charge in [0.1, 0.15) is 0 Å². The number of rotatable bonds is 4. The lowest BCUT2D eigenvalue weighted by molar-refractivity contribution is 0.111. The van der Waals surface area contributed by atoms with Crippen LogP contribution in [-0.4, -0.2) is 28.8 Å². The lowest BCUT2D eigenvalue weighted by atomic mass is 10.0. The first kappa shape index (κ1) is 12.8. The molecule has 1 atom stereocenters. The van der Waals surface area contributed by atoms with Crippen molar-refractivity contribution in [2.45, 2.75) is 31.8 Å². The van der Waals surface area contributed by atoms with Crippen LogP contribution in [0.2, 0.25) is 0 Å². The molecule has 1 aliphatic carbocycles. The Labute approximate surface area is 107 Å². The Morgan fingerprint density at radius 3 is 2.72 bits per heavy atom. The number of aromatic nitrogens is 1. The third-order valence-corrected chi connectivity index (χ3v) is 3.35. The Morgan fingerprint density at radius 1 is 1.39 bits per heavy atom. The number of aliphatic hydroxyl groups excluding tert-OH is 1. The van der Waals surface area contributed by atoms with Crippen molar-refractivity contribution in [2.75, 3.05) is 11.9 Å². The first-order chi connectivity index (χ1) is 8.75. The van der Waals surface area contributed by atoms with Crippen LogP contribution in [0, 0.1) is 5.92 Å². The van der Waals surface area contributed by atoms with Gasteiger partial charge >= 0.3 is 6.03 Å². The van der Waals surface area contributed by atoms with E-state index in [1.807, 2.05) is 0 Å². The summed E-state index contributed by atoms with van der Waals surface area (Å²) < 4.78 is 0. The van der Waals surface area contributed by atoms with Crippen LogP contribution in [-0.2, 0) is 0 Å². The van der Waals surface area contributed by atoms with Gasteiger partial charge < -0.3 is 15.7 Å². The van der Waals surface area contributed by atoms with Gasteiger partial charge in [0.15, 0.2) is 0 Å². The lowest BCUT2D eigenvalue weighted by Gasteiger charge is -2.18. The van der Waals surface area contributed by atoms with E-state index in [0.717, 1.165) is 12.8 Å². The third-order valence-electron chi connectivity index (χ3n) is 3.35. The van der Waals surface area contributed by atoms with Crippen molar-refractivity contribution in [2.24, 2.45) is 5.92 Å². The first-order valence-electron chi connectivity index (χ1n) is 6.38. The van der Waals surface area contributed by atoms with E-state index in [-0.39, 0.29) is 6.03 Å². The Kier molecular flexibility index (Phi) is 4.52. The Bertz CT molecular complexity index is 377. The van der Waals surface area contributed by atoms with Crippen LogP contribution in [0.1, 0.15) is 25.7 Å². The van der Waals surface area contributed by atoms with Gasteiger partial charge in [-0.2, -0.15) is 0 Å². The Morgan fingerprint density at radius 2 is 2.06 bits per heavy atom. The van der Waals surface area contributed by atoms with Crippen molar-refractivity contribution in [1.29, 1.82) is 0 Å². The number of carbonyl (C=O) groups excluding carboxylic acids is 1. The third kappa shape index (κ3) is 3.70. The number of nitrogens with zero attached hydrogens (tertiary/aromatic N) is 1. The quantitative estimate of drug-likeness (QED) is 0.761. The number of nitrogens with one attached hydrogen (secondary N) is 2. The Hall–Kier alpha value is -1.62. The second kappa shape index (κ2) is 6.35. The average Bonchev–Trinajstić information content (AvgIpc) is 2.91. The molecule has 1 fully saturated rings. The number of pyridine rings is 1. The zero-order valence-electron chi connectivity index (χ0n) is 10.3. The van der Waals surface area contributed by atoms with Crippen LogP contribution in [0.3, 0.4) is 0 Å². The maximum absolute atomic E-state index is 11.6. The molecule has 18 heavy (non-hydrogen) atoms. The highest BCUT2D eigenvalue weighted by Crippen LogP contribution is 2.27. The fourth-order valence-corrected chi connectivity index (χ4v) is 2.32. The summed E-state index contributed by atoms with van der Waals surface area (Å²) in [5.41, 5.74) is 0.692. The normalized spacial score (nSPS) is 17.4. The van der Waals surface area contributed by atoms with E-state index in [2.05, 4.69) is 15.6 Å². The number of aliphatic hydroxyl groups is 1. The van der Waals surface area contributed by atoms with Crippen molar-refractivity contribution in [3.8, 4) is 0 Å². The molecule has 2 rings (SSSR count). The molecule has 1 aliphatic rings. The predicted octanol–water partition coefficient (Wildman–Crippen LogP) is 1.75. The lowest BCUT2D eigenvalue weighted by Crippen LogP contribution is -2.37. The molecule has 0 aliphatic heterocycles. The highest BCUT2D eigenvalue weighted by atomic mass is 16.3. The Balaban J connectivity index is 1.71. The van der Waals surface area contributed by atoms with Crippen LogP contribution in [0.5, 0.6) is 0 Å². The molecular weight excluding hydrogens is 230 g/mol. The van der Waals surface area contributed by atoms with E-state index in [4.69, 9.17) is 0 Å². The molecule has 0 radical (unpaired) electrons. The summed E-state index contributed by atoms with van der Waals surface area (Å²) >= 11 is 0. The van der Waals surface area contributed by atoms with E-state index in [1.165, 1.54) is 12.8 Å². The summed E-state index contributed by atoms with van der Waals surface area (Å²) in [6.45, 7) is 0.307. The summed E-state index contributed by atoms with van der Waals surface area (Å²) in [5, 5.41) is 15.3. The fraction of sp³-hybridized carbons (Fsp3) is 0.538. The minimum atomic E-state index is -0.435. The van der Waals surface area contributed by atoms with Crippen LogP contribution < -0.4 is 10.6 Å². The van der Waals surface area contributed by atoms with Gasteiger partial charge in [0.25, 0.3) is 0 Å². The van der Waals surface area contributed by atoms with Gasteiger partial charge in [-0.15, -0.1) is 0 Å². The molecule has 2 amide bonds. The molecule has 98 valence electrons. The van der Waals surface area contributed by atoms with Crippen LogP contribution >= 0.6 is 0 Å². The first-order valence-corrected chi connectivity index (χ1v) is 6.38. The molecule has 1 saturated carbocycles. The van der Waals surface area contributed by atoms with Crippen molar-refractivity contribution in [3.05, 3.63) is 24.5 Å². The fourth-order valence-electron chi connectivity index (χ4n) is 2.32. The standard InChI is InChI=1S/C13H19N3O2/c17-12(10-3-1-2-4-10)9-15-13(18)16-11-5-7-14-8-6-11/h5-8,10,12,17H,1-4,9H2,(H2,14,15,16,18). The predicted molar refractivity (Wildman–Crippen MR) is 69.2 cm³/mol. The molecule has 0 aromatic carbocycles. The van der Waals surface area contributed by atoms with Gasteiger partial charge in [-0.25, -0.2) is 4.79 Å². The summed E-state index contributed by atoms with van der Waals surface area (Å²) in [6.07, 6.45) is 7.29. The number of amides is 2. The number of anilines is 1. The molecule has 1 aromatic heterocycles. The molecule has 0 spiro atoms. The number of hydrogen-bond acceptors (Lipinski definition) is 3. The molecule has 0 saturated heterocycles. The zero-order valence-corrected chi connectivity index (χ0v) is 10.3. The van der Waals surface area contributed by atoms with Gasteiger partial charge in [0.05, 0.1) is 6.10 Å². The van der Waals surface area contributed by atoms with E-state index in [0.29, 0.717) is 18.2 Å². The molecule has 5 heteroatoms. The van der Waals surface area contributed by atoms with Crippen molar-refractivity contribution in [3.63, 3.8) is 0 Å². The molecule has 1 aromatic rings. The van der Waals surface area contributed by atoms with Crippen LogP contribution in [0.25, 0.3) is 0 Å². The average molecular weight is 249 g/mol. The second-order valence-electron chi connectivity index (χ2n) is 4.68. The number of hydrogen-bond donors (Lipinski definition) is 3. The molecule has 1 unspecified atom stereocenters. The molecule has 0 bridgehead atoms. The summed E-state index contributed by atoms with van der Waals surface area (Å²) in [5.74, 6) is 0.339. The minimum Gasteiger partial charge on any atom is -0.391 e. The maximum Gasteiger partial charge on any atom is 0.319 e. The highest BCUT2D eigenvalue weighted by Gasteiger charge is 2.23. The van der Waals surface area contributed by atoms with Gasteiger partial charge in [-0.3, -0.25) is 4.98 Å². The highest BCUT2D eigenvalue weighted by molar-refractivity contribution is 5.89. The van der Waals surface area contributed by atoms with Crippen molar-refractivity contribution in [1.82, 2.24) is 10.3 Å². The number of urea groups is 1. The SMILES string of the molecule is O=C(NCC(O)C1CCCC1)Nc1ccncc1. The van der Waals surface area contributed by atoms with Gasteiger partial charge in [0.2, 0.25) is 0 Å². The zero-order chi connectivity index (χ0) is 12.8. The summed E-state index contributed by atoms with van der Waals surface area (Å²) in [7, 11) is 0. The summed E-state index contributed by atoms with van der Waals surface area (Å²) in [6, 6.07) is 3.14. The van der Waals surface area contributed by atoms with E-state index in [1.54, 1.807) is 24.5 Å². The molecule has 5 nitrogen and oxygen atoms in total. The van der Waals surface area contributed by atoms with E-state index < -0.39 is 6.10 Å². The minimum absolute atomic E-state index is 0.293. The van der Waals surface area contributed by atoms with E-state index >= 15 is 0 Å².